The van der Waals surface area contributed by atoms with Crippen LogP contribution in [-0.2, 0) is 29.1 Å². The topological polar surface area (TPSA) is 102 Å². The maximum Gasteiger partial charge on any atom is 0.306 e. The summed E-state index contributed by atoms with van der Waals surface area (Å²) >= 11 is 0. The van der Waals surface area contributed by atoms with E-state index in [4.69, 9.17) is 9.47 Å². The fourth-order valence-corrected chi connectivity index (χ4v) is 3.79. The van der Waals surface area contributed by atoms with E-state index in [1.165, 1.54) is 28.6 Å². The minimum atomic E-state index is -3.57. The SMILES string of the molecule is CCCCC(=O)OCC(=O)Nc1ccc(S(=O)(=O)N2CCOCC2)cc1. The molecule has 0 aliphatic carbocycles. The Morgan fingerprint density at radius 3 is 2.46 bits per heavy atom. The average molecular weight is 384 g/mol. The Balaban J connectivity index is 1.88. The van der Waals surface area contributed by atoms with Gasteiger partial charge >= 0.3 is 5.97 Å². The molecule has 1 amide bonds. The molecule has 1 saturated heterocycles. The van der Waals surface area contributed by atoms with Gasteiger partial charge in [-0.25, -0.2) is 8.42 Å². The van der Waals surface area contributed by atoms with Gasteiger partial charge in [-0.15, -0.1) is 0 Å². The smallest absolute Gasteiger partial charge is 0.306 e. The van der Waals surface area contributed by atoms with Crippen LogP contribution in [0.3, 0.4) is 0 Å². The zero-order valence-electron chi connectivity index (χ0n) is 14.8. The predicted molar refractivity (Wildman–Crippen MR) is 95.1 cm³/mol. The Labute approximate surface area is 153 Å². The van der Waals surface area contributed by atoms with Crippen molar-refractivity contribution in [1.82, 2.24) is 4.31 Å². The summed E-state index contributed by atoms with van der Waals surface area (Å²) in [5, 5.41) is 2.57. The van der Waals surface area contributed by atoms with Crippen molar-refractivity contribution in [3.8, 4) is 0 Å². The second kappa shape index (κ2) is 9.65. The lowest BCUT2D eigenvalue weighted by Gasteiger charge is -2.26. The van der Waals surface area contributed by atoms with Gasteiger partial charge in [-0.1, -0.05) is 13.3 Å². The van der Waals surface area contributed by atoms with Crippen LogP contribution < -0.4 is 5.32 Å². The van der Waals surface area contributed by atoms with Crippen LogP contribution in [0.5, 0.6) is 0 Å². The number of esters is 1. The Kier molecular flexibility index (Phi) is 7.55. The van der Waals surface area contributed by atoms with Gasteiger partial charge in [0.1, 0.15) is 0 Å². The summed E-state index contributed by atoms with van der Waals surface area (Å²) < 4.78 is 36.4. The third-order valence-electron chi connectivity index (χ3n) is 3.84. The molecule has 2 rings (SSSR count). The third kappa shape index (κ3) is 5.79. The predicted octanol–water partition coefficient (Wildman–Crippen LogP) is 1.38. The number of nitrogens with zero attached hydrogens (tertiary/aromatic N) is 1. The molecule has 1 aliphatic heterocycles. The maximum atomic E-state index is 12.5. The van der Waals surface area contributed by atoms with Crippen LogP contribution in [0.25, 0.3) is 0 Å². The van der Waals surface area contributed by atoms with Crippen LogP contribution in [0.2, 0.25) is 0 Å². The van der Waals surface area contributed by atoms with Crippen molar-refractivity contribution in [2.75, 3.05) is 38.2 Å². The number of unbranched alkanes of at least 4 members (excludes halogenated alkanes) is 1. The van der Waals surface area contributed by atoms with Gasteiger partial charge in [-0.2, -0.15) is 4.31 Å². The zero-order chi connectivity index (χ0) is 19.0. The lowest BCUT2D eigenvalue weighted by atomic mass is 10.2. The molecule has 26 heavy (non-hydrogen) atoms. The van der Waals surface area contributed by atoms with Gasteiger partial charge in [0.15, 0.2) is 6.61 Å². The number of rotatable bonds is 8. The van der Waals surface area contributed by atoms with E-state index < -0.39 is 21.9 Å². The number of nitrogens with one attached hydrogen (secondary N) is 1. The Hall–Kier alpha value is -1.97. The van der Waals surface area contributed by atoms with Crippen molar-refractivity contribution in [2.45, 2.75) is 31.1 Å². The van der Waals surface area contributed by atoms with Gasteiger partial charge in [0.05, 0.1) is 18.1 Å². The molecular formula is C17H24N2O6S. The normalized spacial score (nSPS) is 15.4. The van der Waals surface area contributed by atoms with E-state index >= 15 is 0 Å². The Morgan fingerprint density at radius 2 is 1.85 bits per heavy atom. The van der Waals surface area contributed by atoms with E-state index in [2.05, 4.69) is 5.32 Å². The van der Waals surface area contributed by atoms with Crippen molar-refractivity contribution in [2.24, 2.45) is 0 Å². The van der Waals surface area contributed by atoms with Crippen LogP contribution in [0.4, 0.5) is 5.69 Å². The number of hydrogen-bond donors (Lipinski definition) is 1. The summed E-state index contributed by atoms with van der Waals surface area (Å²) in [5.41, 5.74) is 0.431. The summed E-state index contributed by atoms with van der Waals surface area (Å²) in [6.45, 7) is 3.00. The number of carbonyl (C=O) groups is 2. The third-order valence-corrected chi connectivity index (χ3v) is 5.76. The molecular weight excluding hydrogens is 360 g/mol. The highest BCUT2D eigenvalue weighted by molar-refractivity contribution is 7.89. The number of hydrogen-bond acceptors (Lipinski definition) is 6. The van der Waals surface area contributed by atoms with Crippen molar-refractivity contribution in [3.63, 3.8) is 0 Å². The van der Waals surface area contributed by atoms with E-state index in [0.717, 1.165) is 12.8 Å². The quantitative estimate of drug-likeness (QED) is 0.680. The number of sulfonamides is 1. The minimum absolute atomic E-state index is 0.156. The number of morpholine rings is 1. The molecule has 1 heterocycles. The van der Waals surface area contributed by atoms with E-state index in [9.17, 15) is 18.0 Å². The van der Waals surface area contributed by atoms with Crippen molar-refractivity contribution < 1.29 is 27.5 Å². The van der Waals surface area contributed by atoms with E-state index in [1.807, 2.05) is 6.92 Å². The first-order chi connectivity index (χ1) is 12.4. The van der Waals surface area contributed by atoms with Crippen LogP contribution in [0, 0.1) is 0 Å². The zero-order valence-corrected chi connectivity index (χ0v) is 15.6. The van der Waals surface area contributed by atoms with Gasteiger partial charge in [-0.3, -0.25) is 9.59 Å². The van der Waals surface area contributed by atoms with E-state index in [0.29, 0.717) is 32.0 Å². The molecule has 1 N–H and O–H groups in total. The summed E-state index contributed by atoms with van der Waals surface area (Å²) in [7, 11) is -3.57. The molecule has 0 radical (unpaired) electrons. The van der Waals surface area contributed by atoms with Crippen molar-refractivity contribution >= 4 is 27.6 Å². The summed E-state index contributed by atoms with van der Waals surface area (Å²) in [6.07, 6.45) is 1.89. The molecule has 0 unspecified atom stereocenters. The maximum absolute atomic E-state index is 12.5. The van der Waals surface area contributed by atoms with Crippen LogP contribution in [-0.4, -0.2) is 57.5 Å². The highest BCUT2D eigenvalue weighted by Gasteiger charge is 2.26. The molecule has 144 valence electrons. The van der Waals surface area contributed by atoms with Gasteiger partial charge in [0, 0.05) is 25.2 Å². The second-order valence-corrected chi connectivity index (χ2v) is 7.79. The van der Waals surface area contributed by atoms with E-state index in [1.54, 1.807) is 0 Å². The first-order valence-corrected chi connectivity index (χ1v) is 10.0. The lowest BCUT2D eigenvalue weighted by Crippen LogP contribution is -2.40. The van der Waals surface area contributed by atoms with Crippen LogP contribution >= 0.6 is 0 Å². The van der Waals surface area contributed by atoms with Crippen LogP contribution in [0.15, 0.2) is 29.2 Å². The van der Waals surface area contributed by atoms with Gasteiger partial charge in [0.25, 0.3) is 5.91 Å². The molecule has 0 atom stereocenters. The lowest BCUT2D eigenvalue weighted by molar-refractivity contribution is -0.147. The molecule has 1 aromatic carbocycles. The van der Waals surface area contributed by atoms with Crippen molar-refractivity contribution in [1.29, 1.82) is 0 Å². The molecule has 0 saturated carbocycles. The minimum Gasteiger partial charge on any atom is -0.456 e. The molecule has 9 heteroatoms. The summed E-state index contributed by atoms with van der Waals surface area (Å²) in [6, 6.07) is 5.88. The Morgan fingerprint density at radius 1 is 1.19 bits per heavy atom. The van der Waals surface area contributed by atoms with E-state index in [-0.39, 0.29) is 17.9 Å². The number of anilines is 1. The van der Waals surface area contributed by atoms with Crippen molar-refractivity contribution in [3.05, 3.63) is 24.3 Å². The molecule has 0 aromatic heterocycles. The molecule has 1 fully saturated rings. The number of amides is 1. The summed E-state index contributed by atoms with van der Waals surface area (Å²) in [5.74, 6) is -0.882. The first kappa shape index (κ1) is 20.3. The van der Waals surface area contributed by atoms with Gasteiger partial charge < -0.3 is 14.8 Å². The summed E-state index contributed by atoms with van der Waals surface area (Å²) in [4.78, 5) is 23.3. The molecule has 1 aromatic rings. The molecule has 8 nitrogen and oxygen atoms in total. The standard InChI is InChI=1S/C17H24N2O6S/c1-2-3-4-17(21)25-13-16(20)18-14-5-7-15(8-6-14)26(22,23)19-9-11-24-12-10-19/h5-8H,2-4,9-13H2,1H3,(H,18,20). The fraction of sp³-hybridized carbons (Fsp3) is 0.529. The largest absolute Gasteiger partial charge is 0.456 e. The monoisotopic (exact) mass is 384 g/mol. The Bertz CT molecular complexity index is 711. The fourth-order valence-electron chi connectivity index (χ4n) is 2.38. The second-order valence-electron chi connectivity index (χ2n) is 5.85. The van der Waals surface area contributed by atoms with Crippen LogP contribution in [0.1, 0.15) is 26.2 Å². The van der Waals surface area contributed by atoms with Gasteiger partial charge in [-0.05, 0) is 30.7 Å². The number of ether oxygens (including phenoxy) is 2. The molecule has 0 bridgehead atoms. The number of benzene rings is 1. The highest BCUT2D eigenvalue weighted by Crippen LogP contribution is 2.19. The molecule has 0 spiro atoms. The number of carbonyl (C=O) groups excluding carboxylic acids is 2. The van der Waals surface area contributed by atoms with Gasteiger partial charge in [0.2, 0.25) is 10.0 Å². The molecule has 1 aliphatic rings. The average Bonchev–Trinajstić information content (AvgIpc) is 2.66. The first-order valence-electron chi connectivity index (χ1n) is 8.57. The highest BCUT2D eigenvalue weighted by atomic mass is 32.2.